The maximum absolute atomic E-state index is 12.1. The molecule has 1 fully saturated rings. The molecule has 1 N–H and O–H groups in total. The van der Waals surface area contributed by atoms with Crippen LogP contribution in [0, 0.1) is 0 Å². The zero-order chi connectivity index (χ0) is 22.2. The van der Waals surface area contributed by atoms with Gasteiger partial charge in [0.25, 0.3) is 5.91 Å². The molecule has 0 atom stereocenters. The van der Waals surface area contributed by atoms with E-state index in [-0.39, 0.29) is 31.1 Å². The number of hydrogen-bond donors (Lipinski definition) is 1. The average molecular weight is 466 g/mol. The fraction of sp³-hybridized carbons (Fsp3) is 0.429. The Morgan fingerprint density at radius 3 is 2.74 bits per heavy atom. The van der Waals surface area contributed by atoms with Gasteiger partial charge in [0, 0.05) is 35.1 Å². The molecule has 2 heterocycles. The molecule has 1 saturated heterocycles. The second-order valence-corrected chi connectivity index (χ2v) is 8.31. The molecular weight excluding hydrogens is 442 g/mol. The lowest BCUT2D eigenvalue weighted by molar-refractivity contribution is -0.148. The number of ether oxygens (including phenoxy) is 2. The van der Waals surface area contributed by atoms with E-state index in [0.29, 0.717) is 43.3 Å². The van der Waals surface area contributed by atoms with Crippen molar-refractivity contribution < 1.29 is 23.9 Å². The van der Waals surface area contributed by atoms with E-state index in [1.54, 1.807) is 23.3 Å². The van der Waals surface area contributed by atoms with Crippen LogP contribution in [0.25, 0.3) is 10.6 Å². The summed E-state index contributed by atoms with van der Waals surface area (Å²) in [4.78, 5) is 41.9. The zero-order valence-electron chi connectivity index (χ0n) is 17.1. The molecular formula is C21H24ClN3O5S. The van der Waals surface area contributed by atoms with Crippen LogP contribution in [0.5, 0.6) is 0 Å². The number of nitrogens with one attached hydrogen (secondary N) is 1. The highest BCUT2D eigenvalue weighted by Gasteiger charge is 2.24. The molecule has 8 nitrogen and oxygen atoms in total. The number of thiazole rings is 1. The number of carbonyl (C=O) groups is 3. The van der Waals surface area contributed by atoms with Crippen molar-refractivity contribution in [3.05, 3.63) is 40.4 Å². The molecule has 0 saturated carbocycles. The summed E-state index contributed by atoms with van der Waals surface area (Å²) < 4.78 is 10.1. The molecule has 0 bridgehead atoms. The largest absolute Gasteiger partial charge is 0.455 e. The molecule has 2 amide bonds. The van der Waals surface area contributed by atoms with Crippen molar-refractivity contribution in [3.8, 4) is 10.6 Å². The van der Waals surface area contributed by atoms with Crippen LogP contribution in [-0.2, 0) is 25.5 Å². The summed E-state index contributed by atoms with van der Waals surface area (Å²) in [6, 6.07) is 7.27. The quantitative estimate of drug-likeness (QED) is 0.630. The number of esters is 1. The van der Waals surface area contributed by atoms with Crippen molar-refractivity contribution in [1.29, 1.82) is 0 Å². The third-order valence-corrected chi connectivity index (χ3v) is 5.87. The second-order valence-electron chi connectivity index (χ2n) is 7.02. The van der Waals surface area contributed by atoms with E-state index in [4.69, 9.17) is 21.1 Å². The molecule has 3 rings (SSSR count). The van der Waals surface area contributed by atoms with Crippen LogP contribution in [0.3, 0.4) is 0 Å². The summed E-state index contributed by atoms with van der Waals surface area (Å²) in [5, 5.41) is 6.00. The maximum atomic E-state index is 12.1. The molecule has 10 heteroatoms. The zero-order valence-corrected chi connectivity index (χ0v) is 18.7. The van der Waals surface area contributed by atoms with Gasteiger partial charge in [-0.25, -0.2) is 9.78 Å². The first kappa shape index (κ1) is 23.0. The van der Waals surface area contributed by atoms with Crippen molar-refractivity contribution in [3.63, 3.8) is 0 Å². The smallest absolute Gasteiger partial charge is 0.409 e. The number of hydrogen-bond acceptors (Lipinski definition) is 7. The molecule has 0 aliphatic carbocycles. The molecule has 166 valence electrons. The van der Waals surface area contributed by atoms with Crippen molar-refractivity contribution in [1.82, 2.24) is 15.2 Å². The van der Waals surface area contributed by atoms with Gasteiger partial charge in [-0.05, 0) is 31.9 Å². The first-order valence-electron chi connectivity index (χ1n) is 10.0. The number of amides is 2. The van der Waals surface area contributed by atoms with Crippen LogP contribution < -0.4 is 5.32 Å². The monoisotopic (exact) mass is 465 g/mol. The standard InChI is InChI=1S/C21H24ClN3O5S/c1-2-29-21(28)25-8-6-16(7-9-25)23-18(26)12-30-19(27)11-17-13-31-20(24-17)14-4-3-5-15(22)10-14/h3-5,10,13,16H,2,6-9,11-12H2,1H3,(H,23,26). The predicted molar refractivity (Wildman–Crippen MR) is 117 cm³/mol. The summed E-state index contributed by atoms with van der Waals surface area (Å²) in [6.07, 6.45) is 0.914. The maximum Gasteiger partial charge on any atom is 0.409 e. The van der Waals surface area contributed by atoms with E-state index >= 15 is 0 Å². The van der Waals surface area contributed by atoms with Crippen LogP contribution >= 0.6 is 22.9 Å². The minimum atomic E-state index is -0.518. The topological polar surface area (TPSA) is 97.8 Å². The van der Waals surface area contributed by atoms with Gasteiger partial charge in [-0.1, -0.05) is 23.7 Å². The lowest BCUT2D eigenvalue weighted by Crippen LogP contribution is -2.47. The summed E-state index contributed by atoms with van der Waals surface area (Å²) in [5.74, 6) is -0.879. The van der Waals surface area contributed by atoms with E-state index in [1.165, 1.54) is 11.3 Å². The molecule has 1 aromatic heterocycles. The third kappa shape index (κ3) is 6.93. The third-order valence-electron chi connectivity index (χ3n) is 4.70. The van der Waals surface area contributed by atoms with Crippen molar-refractivity contribution >= 4 is 40.9 Å². The normalized spacial score (nSPS) is 14.2. The number of halogens is 1. The Balaban J connectivity index is 1.38. The Morgan fingerprint density at radius 2 is 2.03 bits per heavy atom. The predicted octanol–water partition coefficient (Wildman–Crippen LogP) is 3.29. The molecule has 1 aromatic carbocycles. The number of aromatic nitrogens is 1. The van der Waals surface area contributed by atoms with Crippen LogP contribution in [0.15, 0.2) is 29.6 Å². The van der Waals surface area contributed by atoms with Crippen molar-refractivity contribution in [2.75, 3.05) is 26.3 Å². The van der Waals surface area contributed by atoms with Gasteiger partial charge in [0.1, 0.15) is 5.01 Å². The lowest BCUT2D eigenvalue weighted by Gasteiger charge is -2.31. The summed E-state index contributed by atoms with van der Waals surface area (Å²) >= 11 is 7.41. The molecule has 0 unspecified atom stereocenters. The summed E-state index contributed by atoms with van der Waals surface area (Å²) in [6.45, 7) is 2.79. The van der Waals surface area contributed by atoms with E-state index in [9.17, 15) is 14.4 Å². The molecule has 31 heavy (non-hydrogen) atoms. The highest BCUT2D eigenvalue weighted by Crippen LogP contribution is 2.26. The van der Waals surface area contributed by atoms with Crippen LogP contribution in [0.2, 0.25) is 5.02 Å². The number of benzene rings is 1. The summed E-state index contributed by atoms with van der Waals surface area (Å²) in [5.41, 5.74) is 1.46. The Labute approximate surface area is 189 Å². The SMILES string of the molecule is CCOC(=O)N1CCC(NC(=O)COC(=O)Cc2csc(-c3cccc(Cl)c3)n2)CC1. The number of carbonyl (C=O) groups excluding carboxylic acids is 3. The Kier molecular flexibility index (Phi) is 8.25. The number of nitrogens with zero attached hydrogens (tertiary/aromatic N) is 2. The number of piperidine rings is 1. The van der Waals surface area contributed by atoms with Gasteiger partial charge in [0.05, 0.1) is 18.7 Å². The minimum absolute atomic E-state index is 0.0116. The van der Waals surface area contributed by atoms with E-state index in [0.717, 1.165) is 10.6 Å². The van der Waals surface area contributed by atoms with Gasteiger partial charge in [0.2, 0.25) is 0 Å². The first-order chi connectivity index (χ1) is 14.9. The van der Waals surface area contributed by atoms with Gasteiger partial charge >= 0.3 is 12.1 Å². The van der Waals surface area contributed by atoms with Crippen LogP contribution in [0.4, 0.5) is 4.79 Å². The van der Waals surface area contributed by atoms with Crippen molar-refractivity contribution in [2.45, 2.75) is 32.2 Å². The van der Waals surface area contributed by atoms with Gasteiger partial charge < -0.3 is 19.7 Å². The highest BCUT2D eigenvalue weighted by atomic mass is 35.5. The fourth-order valence-corrected chi connectivity index (χ4v) is 4.18. The molecule has 1 aliphatic heterocycles. The molecule has 1 aliphatic rings. The Hall–Kier alpha value is -2.65. The van der Waals surface area contributed by atoms with Gasteiger partial charge in [0.15, 0.2) is 6.61 Å². The van der Waals surface area contributed by atoms with Crippen LogP contribution in [-0.4, -0.2) is 60.2 Å². The van der Waals surface area contributed by atoms with Crippen molar-refractivity contribution in [2.24, 2.45) is 0 Å². The fourth-order valence-electron chi connectivity index (χ4n) is 3.18. The Bertz CT molecular complexity index is 927. The van der Waals surface area contributed by atoms with Gasteiger partial charge in [-0.15, -0.1) is 11.3 Å². The molecule has 2 aromatic rings. The highest BCUT2D eigenvalue weighted by molar-refractivity contribution is 7.13. The molecule has 0 radical (unpaired) electrons. The van der Waals surface area contributed by atoms with Gasteiger partial charge in [-0.2, -0.15) is 0 Å². The number of rotatable bonds is 7. The van der Waals surface area contributed by atoms with E-state index in [2.05, 4.69) is 10.3 Å². The second kappa shape index (κ2) is 11.1. The first-order valence-corrected chi connectivity index (χ1v) is 11.3. The van der Waals surface area contributed by atoms with Gasteiger partial charge in [-0.3, -0.25) is 9.59 Å². The molecule has 0 spiro atoms. The lowest BCUT2D eigenvalue weighted by atomic mass is 10.1. The average Bonchev–Trinajstić information content (AvgIpc) is 3.21. The Morgan fingerprint density at radius 1 is 1.26 bits per heavy atom. The van der Waals surface area contributed by atoms with Crippen LogP contribution in [0.1, 0.15) is 25.5 Å². The summed E-state index contributed by atoms with van der Waals surface area (Å²) in [7, 11) is 0. The van der Waals surface area contributed by atoms with E-state index < -0.39 is 5.97 Å². The van der Waals surface area contributed by atoms with E-state index in [1.807, 2.05) is 18.2 Å². The number of likely N-dealkylation sites (tertiary alicyclic amines) is 1. The minimum Gasteiger partial charge on any atom is -0.455 e.